The van der Waals surface area contributed by atoms with Gasteiger partial charge in [-0.25, -0.2) is 4.79 Å². The van der Waals surface area contributed by atoms with Gasteiger partial charge in [-0.1, -0.05) is 48.5 Å². The van der Waals surface area contributed by atoms with Crippen molar-refractivity contribution in [2.75, 3.05) is 6.54 Å². The van der Waals surface area contributed by atoms with Gasteiger partial charge in [0.25, 0.3) is 5.91 Å². The van der Waals surface area contributed by atoms with Gasteiger partial charge in [-0.05, 0) is 30.5 Å². The predicted octanol–water partition coefficient (Wildman–Crippen LogP) is 3.03. The van der Waals surface area contributed by atoms with Crippen molar-refractivity contribution >= 4 is 11.9 Å². The van der Waals surface area contributed by atoms with Crippen molar-refractivity contribution in [3.05, 3.63) is 71.8 Å². The lowest BCUT2D eigenvalue weighted by molar-refractivity contribution is -0.149. The average molecular weight is 309 g/mol. The molecule has 3 rings (SSSR count). The molecule has 118 valence electrons. The Morgan fingerprint density at radius 2 is 1.65 bits per heavy atom. The normalized spacial score (nSPS) is 17.0. The molecule has 0 aromatic heterocycles. The Labute approximate surface area is 135 Å². The van der Waals surface area contributed by atoms with Crippen LogP contribution in [0.25, 0.3) is 0 Å². The molecule has 0 N–H and O–H groups in total. The molecule has 2 aromatic rings. The Bertz CT molecular complexity index is 670. The van der Waals surface area contributed by atoms with Gasteiger partial charge in [0.05, 0.1) is 0 Å². The third-order valence-electron chi connectivity index (χ3n) is 4.03. The summed E-state index contributed by atoms with van der Waals surface area (Å²) >= 11 is 0. The van der Waals surface area contributed by atoms with Crippen LogP contribution >= 0.6 is 0 Å². The topological polar surface area (TPSA) is 46.6 Å². The zero-order valence-corrected chi connectivity index (χ0v) is 12.9. The lowest BCUT2D eigenvalue weighted by Gasteiger charge is -2.23. The third-order valence-corrected chi connectivity index (χ3v) is 4.03. The number of esters is 1. The van der Waals surface area contributed by atoms with Crippen LogP contribution in [0, 0.1) is 0 Å². The first kappa shape index (κ1) is 15.3. The van der Waals surface area contributed by atoms with Gasteiger partial charge in [-0.2, -0.15) is 0 Å². The molecule has 1 fully saturated rings. The molecule has 1 atom stereocenters. The van der Waals surface area contributed by atoms with Crippen LogP contribution in [0.3, 0.4) is 0 Å². The zero-order valence-electron chi connectivity index (χ0n) is 12.9. The van der Waals surface area contributed by atoms with Gasteiger partial charge in [-0.3, -0.25) is 4.79 Å². The van der Waals surface area contributed by atoms with E-state index in [-0.39, 0.29) is 18.5 Å². The molecule has 0 radical (unpaired) electrons. The zero-order chi connectivity index (χ0) is 16.1. The van der Waals surface area contributed by atoms with Gasteiger partial charge in [0.1, 0.15) is 12.6 Å². The molecule has 4 heteroatoms. The number of amides is 1. The van der Waals surface area contributed by atoms with E-state index in [0.29, 0.717) is 18.5 Å². The molecular formula is C19H19NO3. The molecule has 0 aliphatic carbocycles. The van der Waals surface area contributed by atoms with Crippen molar-refractivity contribution < 1.29 is 14.3 Å². The molecule has 0 bridgehead atoms. The molecular weight excluding hydrogens is 290 g/mol. The lowest BCUT2D eigenvalue weighted by Crippen LogP contribution is -2.41. The molecule has 1 amide bonds. The quantitative estimate of drug-likeness (QED) is 0.816. The second kappa shape index (κ2) is 7.09. The second-order valence-electron chi connectivity index (χ2n) is 5.62. The van der Waals surface area contributed by atoms with Crippen LogP contribution < -0.4 is 0 Å². The highest BCUT2D eigenvalue weighted by molar-refractivity contribution is 5.97. The van der Waals surface area contributed by atoms with Crippen molar-refractivity contribution in [2.45, 2.75) is 25.5 Å². The molecule has 1 saturated heterocycles. The molecule has 4 nitrogen and oxygen atoms in total. The van der Waals surface area contributed by atoms with E-state index in [1.165, 1.54) is 0 Å². The minimum Gasteiger partial charge on any atom is -0.459 e. The number of benzene rings is 2. The Hall–Kier alpha value is -2.62. The van der Waals surface area contributed by atoms with Crippen LogP contribution in [0.2, 0.25) is 0 Å². The fraction of sp³-hybridized carbons (Fsp3) is 0.263. The first-order valence-corrected chi connectivity index (χ1v) is 7.82. The summed E-state index contributed by atoms with van der Waals surface area (Å²) in [5, 5.41) is 0. The predicted molar refractivity (Wildman–Crippen MR) is 86.7 cm³/mol. The molecule has 1 aliphatic heterocycles. The summed E-state index contributed by atoms with van der Waals surface area (Å²) in [7, 11) is 0. The van der Waals surface area contributed by atoms with E-state index in [1.54, 1.807) is 17.0 Å². The highest BCUT2D eigenvalue weighted by atomic mass is 16.5. The summed E-state index contributed by atoms with van der Waals surface area (Å²) in [5.74, 6) is -0.430. The molecule has 23 heavy (non-hydrogen) atoms. The molecule has 0 spiro atoms. The fourth-order valence-electron chi connectivity index (χ4n) is 2.83. The largest absolute Gasteiger partial charge is 0.459 e. The number of carbonyl (C=O) groups excluding carboxylic acids is 2. The van der Waals surface area contributed by atoms with Gasteiger partial charge in [0, 0.05) is 12.1 Å². The van der Waals surface area contributed by atoms with Gasteiger partial charge in [-0.15, -0.1) is 0 Å². The van der Waals surface area contributed by atoms with Gasteiger partial charge >= 0.3 is 5.97 Å². The Kier molecular flexibility index (Phi) is 4.71. The molecule has 1 heterocycles. The minimum atomic E-state index is -0.480. The maximum Gasteiger partial charge on any atom is 0.329 e. The van der Waals surface area contributed by atoms with Crippen LogP contribution in [0.5, 0.6) is 0 Å². The van der Waals surface area contributed by atoms with Crippen LogP contribution in [0.1, 0.15) is 28.8 Å². The SMILES string of the molecule is O=C(OCc1ccccc1)[C@@H]1CCCN1C(=O)c1ccccc1. The van der Waals surface area contributed by atoms with Crippen LogP contribution in [0.4, 0.5) is 0 Å². The van der Waals surface area contributed by atoms with E-state index in [1.807, 2.05) is 48.5 Å². The summed E-state index contributed by atoms with van der Waals surface area (Å²) < 4.78 is 5.40. The number of ether oxygens (including phenoxy) is 1. The lowest BCUT2D eigenvalue weighted by atomic mass is 10.1. The highest BCUT2D eigenvalue weighted by Crippen LogP contribution is 2.21. The molecule has 0 saturated carbocycles. The van der Waals surface area contributed by atoms with Crippen molar-refractivity contribution in [3.63, 3.8) is 0 Å². The van der Waals surface area contributed by atoms with Gasteiger partial charge < -0.3 is 9.64 Å². The van der Waals surface area contributed by atoms with E-state index >= 15 is 0 Å². The monoisotopic (exact) mass is 309 g/mol. The van der Waals surface area contributed by atoms with E-state index in [0.717, 1.165) is 12.0 Å². The van der Waals surface area contributed by atoms with Crippen LogP contribution in [0.15, 0.2) is 60.7 Å². The molecule has 1 aliphatic rings. The van der Waals surface area contributed by atoms with Crippen LogP contribution in [-0.2, 0) is 16.1 Å². The maximum absolute atomic E-state index is 12.6. The summed E-state index contributed by atoms with van der Waals surface area (Å²) in [6, 6.07) is 18.1. The van der Waals surface area contributed by atoms with Gasteiger partial charge in [0.2, 0.25) is 0 Å². The first-order chi connectivity index (χ1) is 11.3. The summed E-state index contributed by atoms with van der Waals surface area (Å²) in [6.45, 7) is 0.836. The number of nitrogens with zero attached hydrogens (tertiary/aromatic N) is 1. The van der Waals surface area contributed by atoms with Gasteiger partial charge in [0.15, 0.2) is 0 Å². The average Bonchev–Trinajstić information content (AvgIpc) is 3.10. The number of carbonyl (C=O) groups is 2. The summed E-state index contributed by atoms with van der Waals surface area (Å²) in [5.41, 5.74) is 1.55. The fourth-order valence-corrected chi connectivity index (χ4v) is 2.83. The van der Waals surface area contributed by atoms with E-state index in [4.69, 9.17) is 4.74 Å². The van der Waals surface area contributed by atoms with Crippen LogP contribution in [-0.4, -0.2) is 29.4 Å². The standard InChI is InChI=1S/C19H19NO3/c21-18(16-10-5-2-6-11-16)20-13-7-12-17(20)19(22)23-14-15-8-3-1-4-9-15/h1-6,8-11,17H,7,12-14H2/t17-/m0/s1. The summed E-state index contributed by atoms with van der Waals surface area (Å²) in [6.07, 6.45) is 1.48. The Balaban J connectivity index is 1.64. The molecule has 2 aromatic carbocycles. The van der Waals surface area contributed by atoms with Crippen molar-refractivity contribution in [3.8, 4) is 0 Å². The van der Waals surface area contributed by atoms with Crippen molar-refractivity contribution in [1.29, 1.82) is 0 Å². The number of likely N-dealkylation sites (tertiary alicyclic amines) is 1. The Morgan fingerprint density at radius 1 is 1.00 bits per heavy atom. The van der Waals surface area contributed by atoms with E-state index < -0.39 is 6.04 Å². The Morgan fingerprint density at radius 3 is 2.35 bits per heavy atom. The second-order valence-corrected chi connectivity index (χ2v) is 5.62. The van der Waals surface area contributed by atoms with E-state index in [9.17, 15) is 9.59 Å². The minimum absolute atomic E-state index is 0.107. The first-order valence-electron chi connectivity index (χ1n) is 7.82. The number of hydrogen-bond acceptors (Lipinski definition) is 3. The maximum atomic E-state index is 12.6. The van der Waals surface area contributed by atoms with E-state index in [2.05, 4.69) is 0 Å². The number of rotatable bonds is 4. The smallest absolute Gasteiger partial charge is 0.329 e. The number of hydrogen-bond donors (Lipinski definition) is 0. The third kappa shape index (κ3) is 3.59. The molecule has 0 unspecified atom stereocenters. The summed E-state index contributed by atoms with van der Waals surface area (Å²) in [4.78, 5) is 26.5. The van der Waals surface area contributed by atoms with Crippen molar-refractivity contribution in [1.82, 2.24) is 4.90 Å². The van der Waals surface area contributed by atoms with Crippen molar-refractivity contribution in [2.24, 2.45) is 0 Å². The highest BCUT2D eigenvalue weighted by Gasteiger charge is 2.35.